The van der Waals surface area contributed by atoms with Crippen molar-refractivity contribution in [2.45, 2.75) is 19.8 Å². The molecule has 0 aliphatic carbocycles. The second-order valence-electron chi connectivity index (χ2n) is 4.26. The number of anilines is 2. The SMILES string of the molecule is CCCc1cccc2c1Nc1ccccc1O2. The first-order valence-electron chi connectivity index (χ1n) is 6.04. The van der Waals surface area contributed by atoms with E-state index in [1.54, 1.807) is 0 Å². The molecule has 0 bridgehead atoms. The number of para-hydroxylation sites is 3. The molecular formula is C15H15NO. The number of benzene rings is 2. The molecule has 2 heteroatoms. The summed E-state index contributed by atoms with van der Waals surface area (Å²) in [5.74, 6) is 1.82. The van der Waals surface area contributed by atoms with Crippen molar-refractivity contribution >= 4 is 11.4 Å². The molecule has 2 nitrogen and oxygen atoms in total. The van der Waals surface area contributed by atoms with Crippen molar-refractivity contribution in [1.29, 1.82) is 0 Å². The Morgan fingerprint density at radius 1 is 1.00 bits per heavy atom. The van der Waals surface area contributed by atoms with Crippen molar-refractivity contribution < 1.29 is 4.74 Å². The fourth-order valence-corrected chi connectivity index (χ4v) is 2.19. The van der Waals surface area contributed by atoms with Crippen molar-refractivity contribution in [3.05, 3.63) is 48.0 Å². The first kappa shape index (κ1) is 10.2. The van der Waals surface area contributed by atoms with Crippen LogP contribution < -0.4 is 10.1 Å². The zero-order chi connectivity index (χ0) is 11.7. The van der Waals surface area contributed by atoms with Crippen LogP contribution in [0.1, 0.15) is 18.9 Å². The van der Waals surface area contributed by atoms with Crippen LogP contribution in [-0.4, -0.2) is 0 Å². The van der Waals surface area contributed by atoms with E-state index >= 15 is 0 Å². The van der Waals surface area contributed by atoms with Gasteiger partial charge in [-0.25, -0.2) is 0 Å². The van der Waals surface area contributed by atoms with E-state index in [-0.39, 0.29) is 0 Å². The fraction of sp³-hybridized carbons (Fsp3) is 0.200. The van der Waals surface area contributed by atoms with Gasteiger partial charge in [0.05, 0.1) is 11.4 Å². The van der Waals surface area contributed by atoms with E-state index < -0.39 is 0 Å². The van der Waals surface area contributed by atoms with Gasteiger partial charge in [-0.15, -0.1) is 0 Å². The number of hydrogen-bond donors (Lipinski definition) is 1. The zero-order valence-corrected chi connectivity index (χ0v) is 9.86. The molecule has 0 aromatic heterocycles. The Labute approximate surface area is 101 Å². The molecule has 0 amide bonds. The Hall–Kier alpha value is -1.96. The van der Waals surface area contributed by atoms with Gasteiger partial charge in [-0.3, -0.25) is 0 Å². The van der Waals surface area contributed by atoms with E-state index in [2.05, 4.69) is 24.4 Å². The van der Waals surface area contributed by atoms with E-state index in [1.807, 2.05) is 30.3 Å². The van der Waals surface area contributed by atoms with Crippen LogP contribution in [0.5, 0.6) is 11.5 Å². The second-order valence-corrected chi connectivity index (χ2v) is 4.26. The highest BCUT2D eigenvalue weighted by Gasteiger charge is 2.17. The molecule has 0 fully saturated rings. The van der Waals surface area contributed by atoms with Crippen LogP contribution in [0.15, 0.2) is 42.5 Å². The van der Waals surface area contributed by atoms with Crippen molar-refractivity contribution in [3.63, 3.8) is 0 Å². The van der Waals surface area contributed by atoms with Gasteiger partial charge >= 0.3 is 0 Å². The summed E-state index contributed by atoms with van der Waals surface area (Å²) in [6.07, 6.45) is 2.21. The molecule has 2 aromatic rings. The average molecular weight is 225 g/mol. The summed E-state index contributed by atoms with van der Waals surface area (Å²) >= 11 is 0. The monoisotopic (exact) mass is 225 g/mol. The topological polar surface area (TPSA) is 21.3 Å². The van der Waals surface area contributed by atoms with Crippen LogP contribution in [0.2, 0.25) is 0 Å². The third-order valence-corrected chi connectivity index (χ3v) is 3.00. The van der Waals surface area contributed by atoms with Crippen molar-refractivity contribution in [1.82, 2.24) is 0 Å². The number of rotatable bonds is 2. The summed E-state index contributed by atoms with van der Waals surface area (Å²) in [6, 6.07) is 14.3. The quantitative estimate of drug-likeness (QED) is 0.693. The zero-order valence-electron chi connectivity index (χ0n) is 9.86. The Bertz CT molecular complexity index is 548. The maximum atomic E-state index is 5.90. The van der Waals surface area contributed by atoms with E-state index in [4.69, 9.17) is 4.74 Å². The second kappa shape index (κ2) is 4.13. The van der Waals surface area contributed by atoms with Gasteiger partial charge in [-0.2, -0.15) is 0 Å². The molecule has 17 heavy (non-hydrogen) atoms. The number of ether oxygens (including phenoxy) is 1. The van der Waals surface area contributed by atoms with Gasteiger partial charge in [0.25, 0.3) is 0 Å². The normalized spacial score (nSPS) is 12.1. The Balaban J connectivity index is 2.05. The predicted molar refractivity (Wildman–Crippen MR) is 70.2 cm³/mol. The summed E-state index contributed by atoms with van der Waals surface area (Å²) in [7, 11) is 0. The molecule has 2 aromatic carbocycles. The summed E-state index contributed by atoms with van der Waals surface area (Å²) in [5.41, 5.74) is 3.48. The third kappa shape index (κ3) is 1.76. The van der Waals surface area contributed by atoms with E-state index in [9.17, 15) is 0 Å². The van der Waals surface area contributed by atoms with E-state index in [1.165, 1.54) is 5.56 Å². The maximum Gasteiger partial charge on any atom is 0.151 e. The average Bonchev–Trinajstić information content (AvgIpc) is 2.37. The lowest BCUT2D eigenvalue weighted by molar-refractivity contribution is 0.480. The standard InChI is InChI=1S/C15H15NO/c1-2-6-11-7-5-10-14-15(11)16-12-8-3-4-9-13(12)17-14/h3-5,7-10,16H,2,6H2,1H3. The molecule has 1 aliphatic rings. The third-order valence-electron chi connectivity index (χ3n) is 3.00. The van der Waals surface area contributed by atoms with E-state index in [0.717, 1.165) is 35.7 Å². The van der Waals surface area contributed by atoms with Gasteiger partial charge in [0, 0.05) is 0 Å². The molecule has 1 N–H and O–H groups in total. The molecule has 0 radical (unpaired) electrons. The lowest BCUT2D eigenvalue weighted by atomic mass is 10.1. The molecule has 0 spiro atoms. The van der Waals surface area contributed by atoms with Crippen LogP contribution >= 0.6 is 0 Å². The molecule has 1 aliphatic heterocycles. The minimum atomic E-state index is 0.897. The lowest BCUT2D eigenvalue weighted by Crippen LogP contribution is -2.05. The number of aryl methyl sites for hydroxylation is 1. The van der Waals surface area contributed by atoms with E-state index in [0.29, 0.717) is 0 Å². The van der Waals surface area contributed by atoms with Crippen LogP contribution in [0.4, 0.5) is 11.4 Å². The van der Waals surface area contributed by atoms with Gasteiger partial charge in [-0.05, 0) is 30.2 Å². The molecular weight excluding hydrogens is 210 g/mol. The van der Waals surface area contributed by atoms with Crippen LogP contribution in [-0.2, 0) is 6.42 Å². The number of fused-ring (bicyclic) bond motifs is 2. The summed E-state index contributed by atoms with van der Waals surface area (Å²) < 4.78 is 5.90. The van der Waals surface area contributed by atoms with Crippen LogP contribution in [0.25, 0.3) is 0 Å². The first-order valence-corrected chi connectivity index (χ1v) is 6.04. The molecule has 1 heterocycles. The molecule has 0 saturated heterocycles. The lowest BCUT2D eigenvalue weighted by Gasteiger charge is -2.23. The Kier molecular flexibility index (Phi) is 2.48. The van der Waals surface area contributed by atoms with Gasteiger partial charge in [0.1, 0.15) is 0 Å². The van der Waals surface area contributed by atoms with Gasteiger partial charge < -0.3 is 10.1 Å². The highest BCUT2D eigenvalue weighted by molar-refractivity contribution is 5.77. The smallest absolute Gasteiger partial charge is 0.151 e. The Morgan fingerprint density at radius 3 is 2.71 bits per heavy atom. The van der Waals surface area contributed by atoms with Crippen LogP contribution in [0, 0.1) is 0 Å². The Morgan fingerprint density at radius 2 is 1.82 bits per heavy atom. The summed E-state index contributed by atoms with van der Waals surface area (Å²) in [5, 5.41) is 3.47. The van der Waals surface area contributed by atoms with Crippen molar-refractivity contribution in [3.8, 4) is 11.5 Å². The van der Waals surface area contributed by atoms with Crippen molar-refractivity contribution in [2.75, 3.05) is 5.32 Å². The number of nitrogens with one attached hydrogen (secondary N) is 1. The highest BCUT2D eigenvalue weighted by Crippen LogP contribution is 2.43. The summed E-state index contributed by atoms with van der Waals surface area (Å²) in [6.45, 7) is 2.19. The molecule has 86 valence electrons. The van der Waals surface area contributed by atoms with Crippen LogP contribution in [0.3, 0.4) is 0 Å². The minimum absolute atomic E-state index is 0.897. The number of hydrogen-bond acceptors (Lipinski definition) is 2. The molecule has 0 atom stereocenters. The molecule has 3 rings (SSSR count). The van der Waals surface area contributed by atoms with Gasteiger partial charge in [0.2, 0.25) is 0 Å². The summed E-state index contributed by atoms with van der Waals surface area (Å²) in [4.78, 5) is 0. The fourth-order valence-electron chi connectivity index (χ4n) is 2.19. The van der Waals surface area contributed by atoms with Gasteiger partial charge in [-0.1, -0.05) is 37.6 Å². The molecule has 0 saturated carbocycles. The minimum Gasteiger partial charge on any atom is -0.453 e. The van der Waals surface area contributed by atoms with Gasteiger partial charge in [0.15, 0.2) is 11.5 Å². The maximum absolute atomic E-state index is 5.90. The largest absolute Gasteiger partial charge is 0.453 e. The highest BCUT2D eigenvalue weighted by atomic mass is 16.5. The van der Waals surface area contributed by atoms with Crippen molar-refractivity contribution in [2.24, 2.45) is 0 Å². The molecule has 0 unspecified atom stereocenters. The predicted octanol–water partition coefficient (Wildman–Crippen LogP) is 4.49. The first-order chi connectivity index (χ1) is 8.38.